The maximum atomic E-state index is 5.80. The molecule has 0 spiro atoms. The first-order valence-electron chi connectivity index (χ1n) is 4.40. The fourth-order valence-corrected chi connectivity index (χ4v) is 1.81. The summed E-state index contributed by atoms with van der Waals surface area (Å²) in [5.74, 6) is 0. The molecule has 0 amide bonds. The maximum absolute atomic E-state index is 5.80. The summed E-state index contributed by atoms with van der Waals surface area (Å²) in [6.45, 7) is 10.1. The van der Waals surface area contributed by atoms with Gasteiger partial charge >= 0.3 is 0 Å². The molecule has 1 aromatic carbocycles. The number of allylic oxidation sites excluding steroid dienone is 1. The quantitative estimate of drug-likeness (QED) is 0.670. The van der Waals surface area contributed by atoms with Crippen molar-refractivity contribution < 1.29 is 0 Å². The van der Waals surface area contributed by atoms with Crippen molar-refractivity contribution >= 4 is 11.6 Å². The molecule has 0 unspecified atom stereocenters. The van der Waals surface area contributed by atoms with Crippen molar-refractivity contribution in [3.05, 3.63) is 46.0 Å². The minimum absolute atomic E-state index is 0.704. The van der Waals surface area contributed by atoms with Crippen LogP contribution in [0.4, 0.5) is 0 Å². The minimum atomic E-state index is 0.704. The monoisotopic (exact) mass is 194 g/mol. The topological polar surface area (TPSA) is 0 Å². The molecule has 0 N–H and O–H groups in total. The van der Waals surface area contributed by atoms with Gasteiger partial charge in [0, 0.05) is 11.5 Å². The largest absolute Gasteiger partial charge is 0.0894 e. The second-order valence-electron chi connectivity index (χ2n) is 3.57. The molecule has 0 saturated heterocycles. The van der Waals surface area contributed by atoms with Crippen LogP contribution in [0.25, 0.3) is 0 Å². The van der Waals surface area contributed by atoms with Crippen molar-refractivity contribution in [2.24, 2.45) is 0 Å². The Morgan fingerprint density at radius 2 is 1.69 bits per heavy atom. The van der Waals surface area contributed by atoms with Crippen molar-refractivity contribution in [2.45, 2.75) is 27.2 Å². The van der Waals surface area contributed by atoms with E-state index in [0.29, 0.717) is 5.03 Å². The predicted molar refractivity (Wildman–Crippen MR) is 59.4 cm³/mol. The lowest BCUT2D eigenvalue weighted by atomic mass is 9.97. The van der Waals surface area contributed by atoms with Gasteiger partial charge in [0.25, 0.3) is 0 Å². The highest BCUT2D eigenvalue weighted by Crippen LogP contribution is 2.20. The van der Waals surface area contributed by atoms with Gasteiger partial charge in [-0.25, -0.2) is 0 Å². The van der Waals surface area contributed by atoms with Crippen LogP contribution >= 0.6 is 11.6 Å². The third kappa shape index (κ3) is 2.60. The average Bonchev–Trinajstić information content (AvgIpc) is 1.96. The van der Waals surface area contributed by atoms with E-state index in [0.717, 1.165) is 6.42 Å². The third-order valence-corrected chi connectivity index (χ3v) is 2.34. The molecular weight excluding hydrogens is 180 g/mol. The van der Waals surface area contributed by atoms with Crippen LogP contribution in [-0.2, 0) is 6.42 Å². The van der Waals surface area contributed by atoms with Crippen molar-refractivity contribution in [3.63, 3.8) is 0 Å². The molecule has 0 aliphatic heterocycles. The zero-order valence-electron chi connectivity index (χ0n) is 8.45. The second kappa shape index (κ2) is 3.97. The summed E-state index contributed by atoms with van der Waals surface area (Å²) in [6.07, 6.45) is 0.777. The number of hydrogen-bond acceptors (Lipinski definition) is 0. The molecule has 0 saturated carbocycles. The van der Waals surface area contributed by atoms with Crippen molar-refractivity contribution in [3.8, 4) is 0 Å². The fourth-order valence-electron chi connectivity index (χ4n) is 1.68. The van der Waals surface area contributed by atoms with Gasteiger partial charge in [0.2, 0.25) is 0 Å². The summed E-state index contributed by atoms with van der Waals surface area (Å²) in [7, 11) is 0. The Bertz CT molecular complexity index is 314. The average molecular weight is 195 g/mol. The predicted octanol–water partition coefficient (Wildman–Crippen LogP) is 3.91. The molecule has 13 heavy (non-hydrogen) atoms. The van der Waals surface area contributed by atoms with E-state index in [4.69, 9.17) is 11.6 Å². The molecule has 1 rings (SSSR count). The molecule has 0 atom stereocenters. The third-order valence-electron chi connectivity index (χ3n) is 2.21. The highest BCUT2D eigenvalue weighted by molar-refractivity contribution is 6.29. The van der Waals surface area contributed by atoms with Gasteiger partial charge in [0.1, 0.15) is 0 Å². The summed E-state index contributed by atoms with van der Waals surface area (Å²) in [6, 6.07) is 4.37. The van der Waals surface area contributed by atoms with Crippen LogP contribution in [0.15, 0.2) is 23.7 Å². The second-order valence-corrected chi connectivity index (χ2v) is 4.11. The Morgan fingerprint density at radius 3 is 2.08 bits per heavy atom. The number of benzene rings is 1. The minimum Gasteiger partial charge on any atom is -0.0894 e. The molecular formula is C12H15Cl. The lowest BCUT2D eigenvalue weighted by Crippen LogP contribution is -1.94. The molecule has 0 fully saturated rings. The van der Waals surface area contributed by atoms with Crippen molar-refractivity contribution in [1.29, 1.82) is 0 Å². The Labute approximate surface area is 85.2 Å². The van der Waals surface area contributed by atoms with Crippen LogP contribution < -0.4 is 0 Å². The maximum Gasteiger partial charge on any atom is 0.0153 e. The summed E-state index contributed by atoms with van der Waals surface area (Å²) in [4.78, 5) is 0. The van der Waals surface area contributed by atoms with Crippen LogP contribution in [0.3, 0.4) is 0 Å². The van der Waals surface area contributed by atoms with Crippen molar-refractivity contribution in [2.75, 3.05) is 0 Å². The lowest BCUT2D eigenvalue weighted by molar-refractivity contribution is 1.14. The molecule has 1 aromatic rings. The molecule has 0 bridgehead atoms. The Balaban J connectivity index is 3.13. The summed E-state index contributed by atoms with van der Waals surface area (Å²) < 4.78 is 0. The van der Waals surface area contributed by atoms with Crippen LogP contribution in [0, 0.1) is 20.8 Å². The molecule has 1 heteroatoms. The van der Waals surface area contributed by atoms with Crippen LogP contribution in [0.5, 0.6) is 0 Å². The number of hydrogen-bond donors (Lipinski definition) is 0. The Hall–Kier alpha value is -0.750. The number of rotatable bonds is 2. The van der Waals surface area contributed by atoms with E-state index >= 15 is 0 Å². The molecule has 0 radical (unpaired) electrons. The standard InChI is InChI=1S/C12H15Cl/c1-8-5-9(2)12(7-11(4)13)10(3)6-8/h5-6H,4,7H2,1-3H3. The lowest BCUT2D eigenvalue weighted by Gasteiger charge is -2.10. The van der Waals surface area contributed by atoms with Gasteiger partial charge in [-0.3, -0.25) is 0 Å². The van der Waals surface area contributed by atoms with Crippen LogP contribution in [-0.4, -0.2) is 0 Å². The van der Waals surface area contributed by atoms with E-state index in [9.17, 15) is 0 Å². The van der Waals surface area contributed by atoms with Gasteiger partial charge in [-0.15, -0.1) is 0 Å². The van der Waals surface area contributed by atoms with Gasteiger partial charge in [0.15, 0.2) is 0 Å². The smallest absolute Gasteiger partial charge is 0.0153 e. The normalized spacial score (nSPS) is 10.2. The van der Waals surface area contributed by atoms with Gasteiger partial charge in [-0.05, 0) is 37.5 Å². The van der Waals surface area contributed by atoms with E-state index in [1.54, 1.807) is 0 Å². The zero-order chi connectivity index (χ0) is 10.0. The highest BCUT2D eigenvalue weighted by atomic mass is 35.5. The SMILES string of the molecule is C=C(Cl)Cc1c(C)cc(C)cc1C. The number of aryl methyl sites for hydroxylation is 3. The van der Waals surface area contributed by atoms with Crippen LogP contribution in [0.2, 0.25) is 0 Å². The van der Waals surface area contributed by atoms with Crippen LogP contribution in [0.1, 0.15) is 22.3 Å². The molecule has 0 heterocycles. The Morgan fingerprint density at radius 1 is 1.23 bits per heavy atom. The summed E-state index contributed by atoms with van der Waals surface area (Å²) in [5.41, 5.74) is 5.23. The van der Waals surface area contributed by atoms with Gasteiger partial charge in [-0.1, -0.05) is 35.9 Å². The fraction of sp³-hybridized carbons (Fsp3) is 0.333. The molecule has 70 valence electrons. The first kappa shape index (κ1) is 10.3. The zero-order valence-corrected chi connectivity index (χ0v) is 9.20. The molecule has 0 aliphatic carbocycles. The first-order valence-corrected chi connectivity index (χ1v) is 4.78. The highest BCUT2D eigenvalue weighted by Gasteiger charge is 2.03. The number of halogens is 1. The first-order chi connectivity index (χ1) is 6.00. The van der Waals surface area contributed by atoms with E-state index in [2.05, 4.69) is 39.5 Å². The van der Waals surface area contributed by atoms with E-state index < -0.39 is 0 Å². The van der Waals surface area contributed by atoms with Gasteiger partial charge in [0.05, 0.1) is 0 Å². The van der Waals surface area contributed by atoms with E-state index in [-0.39, 0.29) is 0 Å². The summed E-state index contributed by atoms with van der Waals surface area (Å²) in [5, 5.41) is 0.704. The van der Waals surface area contributed by atoms with Gasteiger partial charge in [-0.2, -0.15) is 0 Å². The van der Waals surface area contributed by atoms with Crippen molar-refractivity contribution in [1.82, 2.24) is 0 Å². The van der Waals surface area contributed by atoms with Gasteiger partial charge < -0.3 is 0 Å². The summed E-state index contributed by atoms with van der Waals surface area (Å²) >= 11 is 5.80. The van der Waals surface area contributed by atoms with E-state index in [1.807, 2.05) is 0 Å². The molecule has 0 nitrogen and oxygen atoms in total. The Kier molecular flexibility index (Phi) is 3.16. The molecule has 0 aliphatic rings. The molecule has 0 aromatic heterocycles. The van der Waals surface area contributed by atoms with E-state index in [1.165, 1.54) is 22.3 Å².